The minimum atomic E-state index is -5.06. The van der Waals surface area contributed by atoms with E-state index in [9.17, 15) is 22.7 Å². The first-order chi connectivity index (χ1) is 22.8. The van der Waals surface area contributed by atoms with E-state index < -0.39 is 52.0 Å². The van der Waals surface area contributed by atoms with Gasteiger partial charge in [0, 0.05) is 47.4 Å². The fourth-order valence-electron chi connectivity index (χ4n) is 7.37. The molecule has 5 N–H and O–H groups in total. The zero-order chi connectivity index (χ0) is 33.7. The normalized spacial score (nSPS) is 24.2. The maximum absolute atomic E-state index is 16.7. The molecule has 0 radical (unpaired) electrons. The number of ether oxygens (including phenoxy) is 2. The highest BCUT2D eigenvalue weighted by atomic mass is 19.4. The second-order valence-corrected chi connectivity index (χ2v) is 13.8. The number of hydrogen-bond donors (Lipinski definition) is 4. The summed E-state index contributed by atoms with van der Waals surface area (Å²) in [5.74, 6) is -1.99. The average Bonchev–Trinajstić information content (AvgIpc) is 3.87. The van der Waals surface area contributed by atoms with E-state index in [0.29, 0.717) is 12.3 Å². The number of rotatable bonds is 7. The molecule has 8 rings (SSSR count). The number of aromatic amines is 1. The van der Waals surface area contributed by atoms with Gasteiger partial charge in [-0.3, -0.25) is 4.90 Å². The Morgan fingerprint density at radius 1 is 1.15 bits per heavy atom. The Bertz CT molecular complexity index is 1960. The largest absolute Gasteiger partial charge is 0.474 e. The number of H-pyrrole nitrogens is 1. The van der Waals surface area contributed by atoms with Crippen molar-refractivity contribution < 1.29 is 36.5 Å². The molecule has 4 aromatic rings. The zero-order valence-corrected chi connectivity index (χ0v) is 26.3. The van der Waals surface area contributed by atoms with Crippen molar-refractivity contribution in [3.8, 4) is 23.1 Å². The molecule has 2 bridgehead atoms. The molecule has 2 aliphatic heterocycles. The van der Waals surface area contributed by atoms with Crippen LogP contribution in [0.15, 0.2) is 18.2 Å². The number of aliphatic hydroxyl groups excluding tert-OH is 1. The Hall–Kier alpha value is -4.24. The molecular formula is C33H34F5N7O3. The van der Waals surface area contributed by atoms with Gasteiger partial charge in [0.1, 0.15) is 34.3 Å². The lowest BCUT2D eigenvalue weighted by molar-refractivity contribution is -0.137. The summed E-state index contributed by atoms with van der Waals surface area (Å²) in [5, 5.41) is 13.1. The molecule has 5 heterocycles. The molecule has 10 nitrogen and oxygen atoms in total. The van der Waals surface area contributed by atoms with Crippen LogP contribution in [-0.4, -0.2) is 67.9 Å². The third-order valence-electron chi connectivity index (χ3n) is 10.4. The lowest BCUT2D eigenvalue weighted by Crippen LogP contribution is -2.55. The fourth-order valence-corrected chi connectivity index (χ4v) is 7.37. The third kappa shape index (κ3) is 5.00. The minimum absolute atomic E-state index is 0.0227. The van der Waals surface area contributed by atoms with Gasteiger partial charge in [0.15, 0.2) is 5.82 Å². The van der Waals surface area contributed by atoms with Crippen LogP contribution in [0, 0.1) is 29.9 Å². The molecule has 3 fully saturated rings. The number of nitrogens with two attached hydrogens (primary N) is 1. The summed E-state index contributed by atoms with van der Waals surface area (Å²) in [6.07, 6.45) is -2.45. The standard InChI is InChI=1S/C33H34F5N7O3/c1-15-7-18-3-4-19(41-18)10-40-28-22-27(43-30(44-28)47-14-31(5-6-31)12-45-11-17-9-32(17,45)13-46)25(35)26(42-29(22)48-15)20-8-21(39)24(34)16(2)23(20)33(36,37)38/h3-4,8,15,17,41,46H,5-7,9-14,39H2,1-2H3,(H,40,43,44)/t15-,17?,32?/m0/s1. The summed E-state index contributed by atoms with van der Waals surface area (Å²) in [6.45, 7) is 4.95. The van der Waals surface area contributed by atoms with Crippen molar-refractivity contribution in [1.82, 2.24) is 24.8 Å². The van der Waals surface area contributed by atoms with Crippen LogP contribution in [0.5, 0.6) is 11.9 Å². The Balaban J connectivity index is 1.25. The van der Waals surface area contributed by atoms with Crippen LogP contribution in [0.3, 0.4) is 0 Å². The molecule has 1 saturated heterocycles. The van der Waals surface area contributed by atoms with Gasteiger partial charge in [-0.05, 0) is 62.8 Å². The Morgan fingerprint density at radius 2 is 1.92 bits per heavy atom. The van der Waals surface area contributed by atoms with E-state index in [-0.39, 0.29) is 59.3 Å². The lowest BCUT2D eigenvalue weighted by Gasteiger charge is -2.42. The number of aromatic nitrogens is 4. The van der Waals surface area contributed by atoms with Crippen LogP contribution < -0.4 is 20.5 Å². The van der Waals surface area contributed by atoms with Gasteiger partial charge in [-0.1, -0.05) is 0 Å². The van der Waals surface area contributed by atoms with Crippen LogP contribution in [0.25, 0.3) is 22.2 Å². The van der Waals surface area contributed by atoms with Crippen molar-refractivity contribution >= 4 is 22.4 Å². The average molecular weight is 672 g/mol. The SMILES string of the molecule is Cc1c(F)c(N)cc(-c2nc3c4c(nc(OCC5(CN6CC7CC76CO)CC5)nc4c2F)NCc2ccc([nH]2)C[C@H](C)O3)c1C(F)(F)F. The highest BCUT2D eigenvalue weighted by Gasteiger charge is 2.68. The Kier molecular flexibility index (Phi) is 6.88. The smallest absolute Gasteiger partial charge is 0.417 e. The summed E-state index contributed by atoms with van der Waals surface area (Å²) in [7, 11) is 0. The van der Waals surface area contributed by atoms with Gasteiger partial charge < -0.3 is 30.6 Å². The first-order valence-electron chi connectivity index (χ1n) is 15.9. The first-order valence-corrected chi connectivity index (χ1v) is 15.9. The number of hydrogen-bond acceptors (Lipinski definition) is 9. The number of fused-ring (bicyclic) bond motifs is 3. The maximum atomic E-state index is 16.7. The quantitative estimate of drug-likeness (QED) is 0.151. The van der Waals surface area contributed by atoms with Crippen molar-refractivity contribution in [3.63, 3.8) is 0 Å². The summed E-state index contributed by atoms with van der Waals surface area (Å²) < 4.78 is 87.0. The van der Waals surface area contributed by atoms with E-state index in [4.69, 9.17) is 15.2 Å². The molecule has 0 spiro atoms. The molecule has 3 aromatic heterocycles. The fraction of sp³-hybridized carbons (Fsp3) is 0.485. The van der Waals surface area contributed by atoms with E-state index in [2.05, 4.69) is 30.2 Å². The third-order valence-corrected chi connectivity index (χ3v) is 10.4. The number of halogens is 5. The van der Waals surface area contributed by atoms with Gasteiger partial charge in [0.2, 0.25) is 5.88 Å². The minimum Gasteiger partial charge on any atom is -0.474 e. The van der Waals surface area contributed by atoms with Crippen molar-refractivity contribution in [2.45, 2.75) is 63.9 Å². The first kappa shape index (κ1) is 31.1. The van der Waals surface area contributed by atoms with Crippen molar-refractivity contribution in [1.29, 1.82) is 0 Å². The van der Waals surface area contributed by atoms with Crippen LogP contribution in [0.4, 0.5) is 33.5 Å². The number of alkyl halides is 3. The number of benzene rings is 1. The number of nitrogens with zero attached hydrogens (tertiary/aromatic N) is 4. The Labute approximate surface area is 271 Å². The number of likely N-dealkylation sites (tertiary alicyclic amines) is 1. The van der Waals surface area contributed by atoms with Crippen LogP contribution in [0.2, 0.25) is 0 Å². The molecule has 1 aromatic carbocycles. The van der Waals surface area contributed by atoms with Crippen molar-refractivity contribution in [2.24, 2.45) is 11.3 Å². The molecule has 48 heavy (non-hydrogen) atoms. The van der Waals surface area contributed by atoms with Crippen LogP contribution in [-0.2, 0) is 19.1 Å². The number of anilines is 2. The Morgan fingerprint density at radius 3 is 2.60 bits per heavy atom. The number of nitrogen functional groups attached to an aromatic ring is 1. The zero-order valence-electron chi connectivity index (χ0n) is 26.3. The highest BCUT2D eigenvalue weighted by Crippen LogP contribution is 2.60. The predicted molar refractivity (Wildman–Crippen MR) is 165 cm³/mol. The molecular weight excluding hydrogens is 637 g/mol. The van der Waals surface area contributed by atoms with E-state index in [1.54, 1.807) is 6.92 Å². The van der Waals surface area contributed by atoms with Gasteiger partial charge in [-0.15, -0.1) is 0 Å². The topological polar surface area (TPSA) is 134 Å². The second kappa shape index (κ2) is 10.6. The van der Waals surface area contributed by atoms with Gasteiger partial charge in [0.05, 0.1) is 31.0 Å². The number of nitrogens with one attached hydrogen (secondary N) is 2. The molecule has 3 atom stereocenters. The molecule has 2 unspecified atom stereocenters. The van der Waals surface area contributed by atoms with Gasteiger partial charge in [0.25, 0.3) is 0 Å². The van der Waals surface area contributed by atoms with E-state index in [1.807, 2.05) is 12.1 Å². The van der Waals surface area contributed by atoms with E-state index in [0.717, 1.165) is 56.7 Å². The molecule has 0 amide bonds. The van der Waals surface area contributed by atoms with Crippen molar-refractivity contribution in [2.75, 3.05) is 37.4 Å². The van der Waals surface area contributed by atoms with E-state index in [1.165, 1.54) is 0 Å². The predicted octanol–water partition coefficient (Wildman–Crippen LogP) is 5.37. The summed E-state index contributed by atoms with van der Waals surface area (Å²) in [6, 6.07) is 4.34. The van der Waals surface area contributed by atoms with Gasteiger partial charge >= 0.3 is 12.2 Å². The maximum Gasteiger partial charge on any atom is 0.417 e. The summed E-state index contributed by atoms with van der Waals surface area (Å²) in [4.78, 5) is 18.8. The summed E-state index contributed by atoms with van der Waals surface area (Å²) in [5.41, 5.74) is 2.49. The highest BCUT2D eigenvalue weighted by molar-refractivity contribution is 5.96. The molecule has 2 aliphatic carbocycles. The summed E-state index contributed by atoms with van der Waals surface area (Å²) >= 11 is 0. The molecule has 2 saturated carbocycles. The number of aliphatic hydroxyl groups is 1. The van der Waals surface area contributed by atoms with Gasteiger partial charge in [-0.2, -0.15) is 23.1 Å². The molecule has 254 valence electrons. The lowest BCUT2D eigenvalue weighted by atomic mass is 9.96. The monoisotopic (exact) mass is 671 g/mol. The van der Waals surface area contributed by atoms with Crippen LogP contribution >= 0.6 is 0 Å². The molecule has 4 aliphatic rings. The molecule has 15 heteroatoms. The van der Waals surface area contributed by atoms with Crippen LogP contribution in [0.1, 0.15) is 48.7 Å². The number of pyridine rings is 1. The van der Waals surface area contributed by atoms with Gasteiger partial charge in [-0.25, -0.2) is 13.8 Å². The van der Waals surface area contributed by atoms with E-state index >= 15 is 4.39 Å². The second-order valence-electron chi connectivity index (χ2n) is 13.8. The van der Waals surface area contributed by atoms with Crippen molar-refractivity contribution in [3.05, 3.63) is 52.3 Å².